The zero-order valence-electron chi connectivity index (χ0n) is 13.5. The Morgan fingerprint density at radius 1 is 1.25 bits per heavy atom. The van der Waals surface area contributed by atoms with E-state index in [1.54, 1.807) is 7.11 Å². The van der Waals surface area contributed by atoms with Crippen molar-refractivity contribution in [1.82, 2.24) is 5.32 Å². The summed E-state index contributed by atoms with van der Waals surface area (Å²) in [5.41, 5.74) is 0.175. The molecule has 0 aromatic heterocycles. The summed E-state index contributed by atoms with van der Waals surface area (Å²) in [6, 6.07) is 0. The van der Waals surface area contributed by atoms with Crippen LogP contribution >= 0.6 is 0 Å². The van der Waals surface area contributed by atoms with E-state index in [-0.39, 0.29) is 17.4 Å². The second-order valence-electron chi connectivity index (χ2n) is 6.42. The molecule has 0 rings (SSSR count). The normalized spacial score (nSPS) is 19.1. The van der Waals surface area contributed by atoms with E-state index in [4.69, 9.17) is 9.84 Å². The molecular formula is C15H31NO4. The number of ether oxygens (including phenoxy) is 1. The summed E-state index contributed by atoms with van der Waals surface area (Å²) in [6.45, 7) is 10.2. The van der Waals surface area contributed by atoms with Gasteiger partial charge in [-0.05, 0) is 30.1 Å². The molecule has 0 aliphatic rings. The number of carboxylic acids is 1. The number of carboxylic acid groups (broad SMARTS) is 1. The molecule has 0 aromatic carbocycles. The number of rotatable bonds is 11. The van der Waals surface area contributed by atoms with Gasteiger partial charge >= 0.3 is 5.97 Å². The molecule has 120 valence electrons. The number of aliphatic carboxylic acids is 1. The van der Waals surface area contributed by atoms with Crippen LogP contribution in [0.4, 0.5) is 0 Å². The van der Waals surface area contributed by atoms with E-state index < -0.39 is 12.1 Å². The van der Waals surface area contributed by atoms with Crippen molar-refractivity contribution in [3.8, 4) is 0 Å². The van der Waals surface area contributed by atoms with Gasteiger partial charge in [0.2, 0.25) is 0 Å². The van der Waals surface area contributed by atoms with Crippen molar-refractivity contribution in [2.24, 2.45) is 10.8 Å². The lowest BCUT2D eigenvalue weighted by Crippen LogP contribution is -2.41. The number of carbonyl (C=O) groups is 1. The maximum absolute atomic E-state index is 10.6. The van der Waals surface area contributed by atoms with Crippen molar-refractivity contribution in [3.05, 3.63) is 0 Å². The molecule has 3 N–H and O–H groups in total. The minimum atomic E-state index is -1.34. The van der Waals surface area contributed by atoms with Gasteiger partial charge in [0.05, 0.1) is 6.61 Å². The number of aliphatic hydroxyl groups is 1. The molecule has 0 saturated heterocycles. The van der Waals surface area contributed by atoms with E-state index in [0.29, 0.717) is 6.54 Å². The monoisotopic (exact) mass is 289 g/mol. The Morgan fingerprint density at radius 2 is 1.80 bits per heavy atom. The van der Waals surface area contributed by atoms with Crippen LogP contribution < -0.4 is 5.32 Å². The number of aliphatic hydroxyl groups excluding tert-OH is 1. The Bertz CT molecular complexity index is 298. The standard InChI is InChI=1S/C15H31NO4/c1-6-14(3,9-15(4,7-2)11-20-5)10-16-8-12(17)13(18)19/h12,16-17H,6-11H2,1-5H3,(H,18,19). The maximum Gasteiger partial charge on any atom is 0.333 e. The van der Waals surface area contributed by atoms with E-state index >= 15 is 0 Å². The van der Waals surface area contributed by atoms with Crippen LogP contribution in [0, 0.1) is 10.8 Å². The lowest BCUT2D eigenvalue weighted by molar-refractivity contribution is -0.146. The molecule has 0 heterocycles. The number of nitrogens with one attached hydrogen (secondary N) is 1. The lowest BCUT2D eigenvalue weighted by Gasteiger charge is -2.39. The molecule has 3 atom stereocenters. The first-order valence-corrected chi connectivity index (χ1v) is 7.32. The van der Waals surface area contributed by atoms with Gasteiger partial charge in [-0.2, -0.15) is 0 Å². The Labute approximate surface area is 122 Å². The fraction of sp³-hybridized carbons (Fsp3) is 0.933. The largest absolute Gasteiger partial charge is 0.479 e. The van der Waals surface area contributed by atoms with Crippen molar-refractivity contribution in [2.75, 3.05) is 26.8 Å². The lowest BCUT2D eigenvalue weighted by atomic mass is 9.70. The van der Waals surface area contributed by atoms with Crippen LogP contribution in [0.1, 0.15) is 47.0 Å². The molecule has 0 aliphatic carbocycles. The molecule has 0 amide bonds. The Morgan fingerprint density at radius 3 is 2.20 bits per heavy atom. The molecule has 0 aromatic rings. The molecule has 0 radical (unpaired) electrons. The van der Waals surface area contributed by atoms with Crippen molar-refractivity contribution in [2.45, 2.75) is 53.1 Å². The molecule has 5 nitrogen and oxygen atoms in total. The number of hydrogen-bond acceptors (Lipinski definition) is 4. The molecule has 5 heteroatoms. The van der Waals surface area contributed by atoms with Crippen LogP contribution in [-0.2, 0) is 9.53 Å². The fourth-order valence-electron chi connectivity index (χ4n) is 2.57. The smallest absolute Gasteiger partial charge is 0.333 e. The van der Waals surface area contributed by atoms with E-state index in [0.717, 1.165) is 25.9 Å². The van der Waals surface area contributed by atoms with Crippen molar-refractivity contribution in [1.29, 1.82) is 0 Å². The minimum absolute atomic E-state index is 0.0571. The molecule has 20 heavy (non-hydrogen) atoms. The van der Waals surface area contributed by atoms with E-state index in [9.17, 15) is 9.90 Å². The predicted octanol–water partition coefficient (Wildman–Crippen LogP) is 1.89. The summed E-state index contributed by atoms with van der Waals surface area (Å²) < 4.78 is 5.32. The van der Waals surface area contributed by atoms with E-state index in [2.05, 4.69) is 33.0 Å². The molecule has 0 spiro atoms. The fourth-order valence-corrected chi connectivity index (χ4v) is 2.57. The SMILES string of the molecule is CCC(C)(CNCC(O)C(=O)O)CC(C)(CC)COC. The quantitative estimate of drug-likeness (QED) is 0.541. The third-order valence-corrected chi connectivity index (χ3v) is 4.23. The average molecular weight is 289 g/mol. The second-order valence-corrected chi connectivity index (χ2v) is 6.42. The molecule has 0 saturated carbocycles. The Kier molecular flexibility index (Phi) is 8.32. The molecule has 3 unspecified atom stereocenters. The summed E-state index contributed by atoms with van der Waals surface area (Å²) >= 11 is 0. The second kappa shape index (κ2) is 8.60. The third kappa shape index (κ3) is 6.68. The first kappa shape index (κ1) is 19.4. The van der Waals surface area contributed by atoms with Gasteiger partial charge in [0.25, 0.3) is 0 Å². The van der Waals surface area contributed by atoms with Gasteiger partial charge in [-0.15, -0.1) is 0 Å². The van der Waals surface area contributed by atoms with Gasteiger partial charge in [-0.1, -0.05) is 27.7 Å². The average Bonchev–Trinajstić information content (AvgIpc) is 2.38. The van der Waals surface area contributed by atoms with Crippen molar-refractivity contribution in [3.63, 3.8) is 0 Å². The first-order chi connectivity index (χ1) is 9.22. The highest BCUT2D eigenvalue weighted by atomic mass is 16.5. The van der Waals surface area contributed by atoms with Gasteiger partial charge in [0.15, 0.2) is 6.10 Å². The highest BCUT2D eigenvalue weighted by Crippen LogP contribution is 2.38. The van der Waals surface area contributed by atoms with Gasteiger partial charge in [-0.3, -0.25) is 0 Å². The molecule has 0 aliphatic heterocycles. The van der Waals surface area contributed by atoms with Gasteiger partial charge < -0.3 is 20.3 Å². The Balaban J connectivity index is 4.49. The minimum Gasteiger partial charge on any atom is -0.479 e. The Hall–Kier alpha value is -0.650. The van der Waals surface area contributed by atoms with Crippen molar-refractivity contribution >= 4 is 5.97 Å². The summed E-state index contributed by atoms with van der Waals surface area (Å²) in [7, 11) is 1.72. The topological polar surface area (TPSA) is 78.8 Å². The van der Waals surface area contributed by atoms with Gasteiger partial charge in [0, 0.05) is 20.2 Å². The van der Waals surface area contributed by atoms with Crippen LogP contribution in [0.5, 0.6) is 0 Å². The number of hydrogen-bond donors (Lipinski definition) is 3. The van der Waals surface area contributed by atoms with E-state index in [1.165, 1.54) is 0 Å². The first-order valence-electron chi connectivity index (χ1n) is 7.32. The van der Waals surface area contributed by atoms with Crippen molar-refractivity contribution < 1.29 is 19.7 Å². The summed E-state index contributed by atoms with van der Waals surface area (Å²) in [5, 5.41) is 21.0. The third-order valence-electron chi connectivity index (χ3n) is 4.23. The summed E-state index contributed by atoms with van der Waals surface area (Å²) in [5.74, 6) is -1.19. The van der Waals surface area contributed by atoms with Crippen LogP contribution in [0.3, 0.4) is 0 Å². The zero-order chi connectivity index (χ0) is 15.8. The van der Waals surface area contributed by atoms with E-state index in [1.807, 2.05) is 0 Å². The van der Waals surface area contributed by atoms with Crippen LogP contribution in [-0.4, -0.2) is 49.1 Å². The highest BCUT2D eigenvalue weighted by Gasteiger charge is 2.33. The maximum atomic E-state index is 10.6. The molecule has 0 bridgehead atoms. The predicted molar refractivity (Wildman–Crippen MR) is 79.8 cm³/mol. The molecular weight excluding hydrogens is 258 g/mol. The number of methoxy groups -OCH3 is 1. The summed E-state index contributed by atoms with van der Waals surface area (Å²) in [6.07, 6.45) is 1.68. The highest BCUT2D eigenvalue weighted by molar-refractivity contribution is 5.72. The van der Waals surface area contributed by atoms with Crippen LogP contribution in [0.2, 0.25) is 0 Å². The van der Waals surface area contributed by atoms with Crippen LogP contribution in [0.25, 0.3) is 0 Å². The summed E-state index contributed by atoms with van der Waals surface area (Å²) in [4.78, 5) is 10.6. The zero-order valence-corrected chi connectivity index (χ0v) is 13.5. The van der Waals surface area contributed by atoms with Gasteiger partial charge in [-0.25, -0.2) is 4.79 Å². The molecule has 0 fully saturated rings. The van der Waals surface area contributed by atoms with Gasteiger partial charge in [0.1, 0.15) is 0 Å². The van der Waals surface area contributed by atoms with Crippen LogP contribution in [0.15, 0.2) is 0 Å².